The number of amides is 1. The van der Waals surface area contributed by atoms with Gasteiger partial charge in [-0.25, -0.2) is 0 Å². The number of halogens is 1. The van der Waals surface area contributed by atoms with Gasteiger partial charge in [-0.1, -0.05) is 18.2 Å². The number of hydrogen-bond acceptors (Lipinski definition) is 3. The van der Waals surface area contributed by atoms with Crippen molar-refractivity contribution in [3.05, 3.63) is 56.9 Å². The van der Waals surface area contributed by atoms with E-state index in [4.69, 9.17) is 5.73 Å². The van der Waals surface area contributed by atoms with E-state index < -0.39 is 0 Å². The Morgan fingerprint density at radius 3 is 2.65 bits per heavy atom. The molecule has 0 saturated carbocycles. The third-order valence-corrected chi connectivity index (χ3v) is 3.81. The van der Waals surface area contributed by atoms with Crippen molar-refractivity contribution in [2.24, 2.45) is 0 Å². The summed E-state index contributed by atoms with van der Waals surface area (Å²) in [5, 5.41) is 2.72. The third kappa shape index (κ3) is 3.08. The Balaban J connectivity index is 2.19. The van der Waals surface area contributed by atoms with Gasteiger partial charge >= 0.3 is 0 Å². The highest BCUT2D eigenvalue weighted by atomic mass is 79.9. The van der Waals surface area contributed by atoms with Gasteiger partial charge in [0.05, 0.1) is 10.2 Å². The molecule has 0 radical (unpaired) electrons. The quantitative estimate of drug-likeness (QED) is 0.902. The molecule has 0 aliphatic rings. The number of anilines is 2. The smallest absolute Gasteiger partial charge is 0.265 e. The van der Waals surface area contributed by atoms with E-state index in [1.54, 1.807) is 19.1 Å². The minimum Gasteiger partial charge on any atom is -0.397 e. The highest BCUT2D eigenvalue weighted by Gasteiger charge is 2.11. The molecule has 0 spiro atoms. The zero-order valence-corrected chi connectivity index (χ0v) is 12.5. The van der Waals surface area contributed by atoms with Crippen molar-refractivity contribution < 1.29 is 4.79 Å². The predicted octanol–water partition coefficient (Wildman–Crippen LogP) is 2.14. The van der Waals surface area contributed by atoms with Gasteiger partial charge in [0.1, 0.15) is 6.54 Å². The molecule has 2 aromatic rings. The molecule has 20 heavy (non-hydrogen) atoms. The number of nitrogens with one attached hydrogen (secondary N) is 1. The van der Waals surface area contributed by atoms with Crippen LogP contribution in [0.15, 0.2) is 45.8 Å². The summed E-state index contributed by atoms with van der Waals surface area (Å²) >= 11 is 3.19. The van der Waals surface area contributed by atoms with Crippen LogP contribution in [0.5, 0.6) is 0 Å². The molecule has 0 aliphatic carbocycles. The van der Waals surface area contributed by atoms with Crippen LogP contribution in [0.3, 0.4) is 0 Å². The fourth-order valence-electron chi connectivity index (χ4n) is 1.73. The summed E-state index contributed by atoms with van der Waals surface area (Å²) in [4.78, 5) is 23.9. The van der Waals surface area contributed by atoms with Crippen molar-refractivity contribution in [3.8, 4) is 0 Å². The third-order valence-electron chi connectivity index (χ3n) is 2.88. The summed E-state index contributed by atoms with van der Waals surface area (Å²) in [5.41, 5.74) is 7.34. The van der Waals surface area contributed by atoms with Gasteiger partial charge in [0.25, 0.3) is 5.56 Å². The number of nitrogen functional groups attached to an aromatic ring is 1. The summed E-state index contributed by atoms with van der Waals surface area (Å²) in [7, 11) is 0. The van der Waals surface area contributed by atoms with Crippen LogP contribution in [0.1, 0.15) is 5.56 Å². The number of aromatic nitrogens is 1. The van der Waals surface area contributed by atoms with E-state index >= 15 is 0 Å². The molecule has 5 nitrogen and oxygen atoms in total. The van der Waals surface area contributed by atoms with Crippen LogP contribution >= 0.6 is 15.9 Å². The summed E-state index contributed by atoms with van der Waals surface area (Å²) in [6, 6.07) is 9.06. The number of hydrogen-bond donors (Lipinski definition) is 2. The Hall–Kier alpha value is -2.08. The fourth-order valence-corrected chi connectivity index (χ4v) is 2.19. The average Bonchev–Trinajstić information content (AvgIpc) is 2.43. The average molecular weight is 336 g/mol. The lowest BCUT2D eigenvalue weighted by Crippen LogP contribution is -2.28. The second-order valence-electron chi connectivity index (χ2n) is 4.37. The maximum atomic E-state index is 12.0. The Kier molecular flexibility index (Phi) is 4.24. The van der Waals surface area contributed by atoms with E-state index in [9.17, 15) is 9.59 Å². The van der Waals surface area contributed by atoms with Gasteiger partial charge in [0.15, 0.2) is 0 Å². The summed E-state index contributed by atoms with van der Waals surface area (Å²) in [6.45, 7) is 1.66. The largest absolute Gasteiger partial charge is 0.397 e. The molecule has 1 aromatic heterocycles. The van der Waals surface area contributed by atoms with Crippen molar-refractivity contribution in [1.82, 2.24) is 4.57 Å². The Morgan fingerprint density at radius 1 is 1.35 bits per heavy atom. The van der Waals surface area contributed by atoms with E-state index in [1.165, 1.54) is 10.8 Å². The normalized spacial score (nSPS) is 10.3. The molecule has 3 N–H and O–H groups in total. The van der Waals surface area contributed by atoms with Gasteiger partial charge < -0.3 is 15.6 Å². The second kappa shape index (κ2) is 5.92. The molecule has 104 valence electrons. The van der Waals surface area contributed by atoms with Gasteiger partial charge in [-0.05, 0) is 40.5 Å². The van der Waals surface area contributed by atoms with Crippen LogP contribution in [0.4, 0.5) is 11.4 Å². The maximum absolute atomic E-state index is 12.0. The van der Waals surface area contributed by atoms with Crippen LogP contribution in [0.2, 0.25) is 0 Å². The number of nitrogens with zero attached hydrogens (tertiary/aromatic N) is 1. The molecule has 6 heteroatoms. The number of rotatable bonds is 3. The first-order chi connectivity index (χ1) is 9.49. The molecular formula is C14H14BrN3O2. The Labute approximate surface area is 124 Å². The van der Waals surface area contributed by atoms with Crippen molar-refractivity contribution in [1.29, 1.82) is 0 Å². The molecule has 0 atom stereocenters. The van der Waals surface area contributed by atoms with Gasteiger partial charge in [0.2, 0.25) is 5.91 Å². The molecular weight excluding hydrogens is 322 g/mol. The van der Waals surface area contributed by atoms with E-state index in [0.29, 0.717) is 21.4 Å². The molecule has 0 bridgehead atoms. The van der Waals surface area contributed by atoms with E-state index in [2.05, 4.69) is 21.2 Å². The molecule has 0 fully saturated rings. The number of benzene rings is 1. The van der Waals surface area contributed by atoms with Crippen LogP contribution in [0.25, 0.3) is 0 Å². The zero-order valence-electron chi connectivity index (χ0n) is 10.9. The number of nitrogens with two attached hydrogens (primary N) is 1. The number of para-hydroxylation sites is 1. The maximum Gasteiger partial charge on any atom is 0.265 e. The molecule has 0 saturated heterocycles. The lowest BCUT2D eigenvalue weighted by Gasteiger charge is -2.10. The topological polar surface area (TPSA) is 77.1 Å². The van der Waals surface area contributed by atoms with Crippen LogP contribution in [0, 0.1) is 6.92 Å². The molecule has 1 amide bonds. The van der Waals surface area contributed by atoms with Crippen LogP contribution in [-0.4, -0.2) is 10.5 Å². The van der Waals surface area contributed by atoms with Gasteiger partial charge in [-0.15, -0.1) is 0 Å². The Bertz CT molecular complexity index is 696. The first-order valence-electron chi connectivity index (χ1n) is 5.99. The fraction of sp³-hybridized carbons (Fsp3) is 0.143. The zero-order chi connectivity index (χ0) is 14.7. The number of pyridine rings is 1. The second-order valence-corrected chi connectivity index (χ2v) is 5.16. The predicted molar refractivity (Wildman–Crippen MR) is 82.6 cm³/mol. The summed E-state index contributed by atoms with van der Waals surface area (Å²) in [6.07, 6.45) is 1.48. The molecule has 1 heterocycles. The molecule has 1 aromatic carbocycles. The minimum atomic E-state index is -0.284. The number of carbonyl (C=O) groups is 1. The molecule has 0 aliphatic heterocycles. The first-order valence-corrected chi connectivity index (χ1v) is 6.78. The lowest BCUT2D eigenvalue weighted by molar-refractivity contribution is -0.116. The van der Waals surface area contributed by atoms with Crippen molar-refractivity contribution in [3.63, 3.8) is 0 Å². The van der Waals surface area contributed by atoms with Crippen molar-refractivity contribution in [2.75, 3.05) is 11.1 Å². The van der Waals surface area contributed by atoms with Gasteiger partial charge in [-0.2, -0.15) is 0 Å². The van der Waals surface area contributed by atoms with Gasteiger partial charge in [0, 0.05) is 11.9 Å². The van der Waals surface area contributed by atoms with E-state index in [0.717, 1.165) is 0 Å². The van der Waals surface area contributed by atoms with E-state index in [1.807, 2.05) is 18.2 Å². The monoisotopic (exact) mass is 335 g/mol. The van der Waals surface area contributed by atoms with Crippen molar-refractivity contribution >= 4 is 33.2 Å². The molecule has 0 unspecified atom stereocenters. The molecule has 2 rings (SSSR count). The van der Waals surface area contributed by atoms with Crippen LogP contribution < -0.4 is 16.6 Å². The van der Waals surface area contributed by atoms with Crippen LogP contribution in [-0.2, 0) is 11.3 Å². The highest BCUT2D eigenvalue weighted by Crippen LogP contribution is 2.17. The SMILES string of the molecule is Cc1c(N)cn(CC(=O)Nc2ccccc2)c(=O)c1Br. The summed E-state index contributed by atoms with van der Waals surface area (Å²) < 4.78 is 1.66. The van der Waals surface area contributed by atoms with Gasteiger partial charge in [-0.3, -0.25) is 9.59 Å². The Morgan fingerprint density at radius 2 is 2.00 bits per heavy atom. The lowest BCUT2D eigenvalue weighted by atomic mass is 10.2. The van der Waals surface area contributed by atoms with E-state index in [-0.39, 0.29) is 18.0 Å². The standard InChI is InChI=1S/C14H14BrN3O2/c1-9-11(16)7-18(14(20)13(9)15)8-12(19)17-10-5-3-2-4-6-10/h2-7H,8,16H2,1H3,(H,17,19). The summed E-state index contributed by atoms with van der Waals surface area (Å²) in [5.74, 6) is -0.284. The highest BCUT2D eigenvalue weighted by molar-refractivity contribution is 9.10. The number of carbonyl (C=O) groups excluding carboxylic acids is 1. The van der Waals surface area contributed by atoms with Crippen molar-refractivity contribution in [2.45, 2.75) is 13.5 Å². The minimum absolute atomic E-state index is 0.0865. The first kappa shape index (κ1) is 14.3.